The Balaban J connectivity index is 4.65. The van der Waals surface area contributed by atoms with Crippen molar-refractivity contribution in [3.8, 4) is 0 Å². The van der Waals surface area contributed by atoms with E-state index in [0.717, 1.165) is 77.0 Å². The van der Waals surface area contributed by atoms with Gasteiger partial charge in [-0.2, -0.15) is 0 Å². The number of nitrogens with one attached hydrogen (secondary N) is 1. The molecule has 0 rings (SSSR count). The summed E-state index contributed by atoms with van der Waals surface area (Å²) >= 11 is 0. The van der Waals surface area contributed by atoms with E-state index >= 15 is 0 Å². The molecular formula is C57H101NO5. The predicted octanol–water partition coefficient (Wildman–Crippen LogP) is 16.2. The van der Waals surface area contributed by atoms with Crippen LogP contribution in [0.2, 0.25) is 0 Å². The van der Waals surface area contributed by atoms with E-state index in [0.29, 0.717) is 19.3 Å². The number of allylic oxidation sites excluding steroid dienone is 12. The second kappa shape index (κ2) is 50.3. The van der Waals surface area contributed by atoms with E-state index in [1.165, 1.54) is 128 Å². The van der Waals surface area contributed by atoms with Gasteiger partial charge in [0.15, 0.2) is 0 Å². The quantitative estimate of drug-likeness (QED) is 0.0245. The van der Waals surface area contributed by atoms with Gasteiger partial charge in [-0.25, -0.2) is 0 Å². The van der Waals surface area contributed by atoms with Crippen molar-refractivity contribution in [2.45, 2.75) is 270 Å². The third kappa shape index (κ3) is 45.7. The van der Waals surface area contributed by atoms with Gasteiger partial charge in [0.2, 0.25) is 5.91 Å². The molecule has 0 saturated carbocycles. The Labute approximate surface area is 390 Å². The van der Waals surface area contributed by atoms with Crippen molar-refractivity contribution in [2.75, 3.05) is 6.61 Å². The molecule has 0 spiro atoms. The monoisotopic (exact) mass is 880 g/mol. The first-order valence-electron chi connectivity index (χ1n) is 26.7. The summed E-state index contributed by atoms with van der Waals surface area (Å²) < 4.78 is 5.91. The normalized spacial score (nSPS) is 13.8. The van der Waals surface area contributed by atoms with Crippen molar-refractivity contribution in [3.05, 3.63) is 72.9 Å². The molecule has 0 aromatic carbocycles. The number of hydrogen-bond acceptors (Lipinski definition) is 5. The van der Waals surface area contributed by atoms with Crippen molar-refractivity contribution in [2.24, 2.45) is 0 Å². The molecule has 0 aliphatic carbocycles. The molecular weight excluding hydrogens is 779 g/mol. The number of rotatable bonds is 47. The first-order valence-corrected chi connectivity index (χ1v) is 26.7. The summed E-state index contributed by atoms with van der Waals surface area (Å²) in [5.41, 5.74) is 0. The fraction of sp³-hybridized carbons (Fsp3) is 0.754. The van der Waals surface area contributed by atoms with Crippen LogP contribution in [-0.4, -0.2) is 46.9 Å². The fourth-order valence-corrected chi connectivity index (χ4v) is 7.81. The smallest absolute Gasteiger partial charge is 0.306 e. The Hall–Kier alpha value is -2.70. The summed E-state index contributed by atoms with van der Waals surface area (Å²) in [5, 5.41) is 23.8. The maximum Gasteiger partial charge on any atom is 0.306 e. The van der Waals surface area contributed by atoms with Crippen LogP contribution in [0.5, 0.6) is 0 Å². The predicted molar refractivity (Wildman–Crippen MR) is 273 cm³/mol. The number of aliphatic hydroxyl groups excluding tert-OH is 2. The number of aliphatic hydroxyl groups is 2. The molecule has 3 unspecified atom stereocenters. The maximum absolute atomic E-state index is 13.2. The Bertz CT molecular complexity index is 1170. The lowest BCUT2D eigenvalue weighted by Gasteiger charge is -2.24. The zero-order valence-electron chi connectivity index (χ0n) is 41.4. The van der Waals surface area contributed by atoms with Gasteiger partial charge in [-0.15, -0.1) is 0 Å². The summed E-state index contributed by atoms with van der Waals surface area (Å²) in [4.78, 5) is 26.2. The number of unbranched alkanes of at least 4 members (excludes halogenated alkanes) is 27. The molecule has 6 heteroatoms. The van der Waals surface area contributed by atoms with Gasteiger partial charge in [0.25, 0.3) is 0 Å². The standard InChI is InChI=1S/C57H101NO5/c1-4-7-10-13-16-19-22-25-27-29-31-33-36-39-42-45-48-53(63-57(62)50-47-44-41-38-35-24-21-18-15-12-9-6-3)51-56(61)58-54(52-59)55(60)49-46-43-40-37-34-32-30-28-26-23-20-17-14-11-8-5-2/h10,13,16,18-19,21-22,25,27,29,31,33,53-55,59-60H,4-9,11-12,14-15,17,20,23-24,26,28,30,32,34-52H2,1-3H3,(H,58,61)/b13-10+,19-16+,21-18-,25-22+,29-27+,33-31+. The summed E-state index contributed by atoms with van der Waals surface area (Å²) in [7, 11) is 0. The van der Waals surface area contributed by atoms with Gasteiger partial charge in [0.05, 0.1) is 25.2 Å². The molecule has 0 fully saturated rings. The van der Waals surface area contributed by atoms with Gasteiger partial charge < -0.3 is 20.3 Å². The van der Waals surface area contributed by atoms with Crippen LogP contribution in [0.15, 0.2) is 72.9 Å². The van der Waals surface area contributed by atoms with Gasteiger partial charge in [-0.05, 0) is 70.6 Å². The Morgan fingerprint density at radius 2 is 0.857 bits per heavy atom. The van der Waals surface area contributed by atoms with Gasteiger partial charge in [0, 0.05) is 6.42 Å². The van der Waals surface area contributed by atoms with E-state index in [-0.39, 0.29) is 24.9 Å². The molecule has 0 aliphatic rings. The molecule has 0 bridgehead atoms. The van der Waals surface area contributed by atoms with Crippen LogP contribution >= 0.6 is 0 Å². The minimum absolute atomic E-state index is 0.0440. The minimum atomic E-state index is -0.804. The first-order chi connectivity index (χ1) is 31.0. The third-order valence-corrected chi connectivity index (χ3v) is 11.9. The number of amides is 1. The van der Waals surface area contributed by atoms with Crippen molar-refractivity contribution in [1.29, 1.82) is 0 Å². The molecule has 0 radical (unpaired) electrons. The second-order valence-corrected chi connectivity index (χ2v) is 18.0. The molecule has 63 heavy (non-hydrogen) atoms. The van der Waals surface area contributed by atoms with E-state index < -0.39 is 18.2 Å². The van der Waals surface area contributed by atoms with Gasteiger partial charge in [-0.1, -0.05) is 241 Å². The largest absolute Gasteiger partial charge is 0.462 e. The molecule has 0 aliphatic heterocycles. The Morgan fingerprint density at radius 3 is 1.38 bits per heavy atom. The number of ether oxygens (including phenoxy) is 1. The lowest BCUT2D eigenvalue weighted by molar-refractivity contribution is -0.151. The summed E-state index contributed by atoms with van der Waals surface area (Å²) in [5.74, 6) is -0.526. The van der Waals surface area contributed by atoms with Gasteiger partial charge in [-0.3, -0.25) is 9.59 Å². The van der Waals surface area contributed by atoms with Crippen LogP contribution in [0.1, 0.15) is 252 Å². The summed E-state index contributed by atoms with van der Waals surface area (Å²) in [6.45, 7) is 6.37. The molecule has 0 aromatic rings. The molecule has 364 valence electrons. The van der Waals surface area contributed by atoms with E-state index in [9.17, 15) is 19.8 Å². The van der Waals surface area contributed by atoms with E-state index in [4.69, 9.17) is 4.74 Å². The molecule has 0 heterocycles. The average molecular weight is 880 g/mol. The zero-order chi connectivity index (χ0) is 45.9. The van der Waals surface area contributed by atoms with Crippen LogP contribution in [0, 0.1) is 0 Å². The summed E-state index contributed by atoms with van der Waals surface area (Å²) in [6, 6.07) is -0.720. The highest BCUT2D eigenvalue weighted by Gasteiger charge is 2.24. The number of hydrogen-bond donors (Lipinski definition) is 3. The van der Waals surface area contributed by atoms with Gasteiger partial charge in [0.1, 0.15) is 6.10 Å². The lowest BCUT2D eigenvalue weighted by Crippen LogP contribution is -2.46. The zero-order valence-corrected chi connectivity index (χ0v) is 41.4. The highest BCUT2D eigenvalue weighted by Crippen LogP contribution is 2.17. The van der Waals surface area contributed by atoms with Crippen molar-refractivity contribution in [3.63, 3.8) is 0 Å². The van der Waals surface area contributed by atoms with E-state index in [1.54, 1.807) is 0 Å². The van der Waals surface area contributed by atoms with Crippen molar-refractivity contribution >= 4 is 11.9 Å². The minimum Gasteiger partial charge on any atom is -0.462 e. The van der Waals surface area contributed by atoms with E-state index in [2.05, 4.69) is 62.5 Å². The third-order valence-electron chi connectivity index (χ3n) is 11.9. The topological polar surface area (TPSA) is 95.9 Å². The van der Waals surface area contributed by atoms with Crippen LogP contribution in [0.4, 0.5) is 0 Å². The first kappa shape index (κ1) is 60.3. The highest BCUT2D eigenvalue weighted by molar-refractivity contribution is 5.77. The molecule has 0 saturated heterocycles. The molecule has 6 nitrogen and oxygen atoms in total. The number of carbonyl (C=O) groups is 2. The Morgan fingerprint density at radius 1 is 0.460 bits per heavy atom. The van der Waals surface area contributed by atoms with Crippen LogP contribution in [0.3, 0.4) is 0 Å². The van der Waals surface area contributed by atoms with E-state index in [1.807, 2.05) is 36.5 Å². The lowest BCUT2D eigenvalue weighted by atomic mass is 10.0. The van der Waals surface area contributed by atoms with Crippen molar-refractivity contribution < 1.29 is 24.5 Å². The van der Waals surface area contributed by atoms with Crippen molar-refractivity contribution in [1.82, 2.24) is 5.32 Å². The second-order valence-electron chi connectivity index (χ2n) is 18.0. The molecule has 1 amide bonds. The number of carbonyl (C=O) groups excluding carboxylic acids is 2. The summed E-state index contributed by atoms with van der Waals surface area (Å²) in [6.07, 6.45) is 63.8. The Kier molecular flexibility index (Phi) is 48.1. The SMILES string of the molecule is CCC/C=C/C=C/C=C/C=C/C=C/CCCCCC(CC(=O)NC(CO)C(O)CCCCCCCCCCCCCCCCCC)OC(=O)CCCCCCC/C=C\CCCCC. The number of esters is 1. The van der Waals surface area contributed by atoms with Crippen LogP contribution < -0.4 is 5.32 Å². The fourth-order valence-electron chi connectivity index (χ4n) is 7.81. The maximum atomic E-state index is 13.2. The highest BCUT2D eigenvalue weighted by atomic mass is 16.5. The van der Waals surface area contributed by atoms with Gasteiger partial charge >= 0.3 is 5.97 Å². The molecule has 0 aromatic heterocycles. The molecule has 3 N–H and O–H groups in total. The van der Waals surface area contributed by atoms with Crippen LogP contribution in [-0.2, 0) is 14.3 Å². The average Bonchev–Trinajstić information content (AvgIpc) is 3.28. The molecule has 3 atom stereocenters. The van der Waals surface area contributed by atoms with Crippen LogP contribution in [0.25, 0.3) is 0 Å².